The van der Waals surface area contributed by atoms with Crippen LogP contribution in [0.1, 0.15) is 26.4 Å². The predicted octanol–water partition coefficient (Wildman–Crippen LogP) is 5.33. The minimum absolute atomic E-state index is 0.140. The summed E-state index contributed by atoms with van der Waals surface area (Å²) in [5.74, 6) is -0.908. The van der Waals surface area contributed by atoms with Gasteiger partial charge in [-0.05, 0) is 59.3 Å². The topological polar surface area (TPSA) is 64.6 Å². The molecule has 0 bridgehead atoms. The molecule has 0 spiro atoms. The highest BCUT2D eigenvalue weighted by Gasteiger charge is 2.41. The molecule has 7 heteroatoms. The van der Waals surface area contributed by atoms with Crippen molar-refractivity contribution in [2.75, 3.05) is 7.11 Å². The van der Waals surface area contributed by atoms with Crippen molar-refractivity contribution in [2.24, 2.45) is 0 Å². The van der Waals surface area contributed by atoms with Crippen LogP contribution in [0.2, 0.25) is 4.34 Å². The fourth-order valence-corrected chi connectivity index (χ4v) is 4.47. The normalized spacial score (nSPS) is 17.2. The molecule has 1 atom stereocenters. The van der Waals surface area contributed by atoms with Gasteiger partial charge in [0.2, 0.25) is 0 Å². The molecule has 0 unspecified atom stereocenters. The molecule has 5 nitrogen and oxygen atoms in total. The summed E-state index contributed by atoms with van der Waals surface area (Å²) in [4.78, 5) is 26.3. The second-order valence-electron chi connectivity index (χ2n) is 7.12. The van der Waals surface area contributed by atoms with Crippen molar-refractivity contribution in [1.82, 2.24) is 5.32 Å². The molecule has 1 aliphatic rings. The van der Waals surface area contributed by atoms with Crippen molar-refractivity contribution >= 4 is 40.4 Å². The van der Waals surface area contributed by atoms with Crippen LogP contribution in [0, 0.1) is 0 Å². The first kappa shape index (κ1) is 21.9. The second-order valence-corrected chi connectivity index (χ2v) is 8.83. The Hall–Kier alpha value is -3.35. The summed E-state index contributed by atoms with van der Waals surface area (Å²) in [7, 11) is 1.33. The Morgan fingerprint density at radius 3 is 2.44 bits per heavy atom. The van der Waals surface area contributed by atoms with E-state index >= 15 is 0 Å². The number of nitrogens with one attached hydrogen (secondary N) is 1. The Kier molecular flexibility index (Phi) is 6.44. The SMILES string of the molecule is COC(=O)c1ccc([C@]2(C(=O)OCc3ccccc3)C=C(c3ccc(Cl)s3)C=CN2)cc1. The molecule has 162 valence electrons. The van der Waals surface area contributed by atoms with E-state index in [9.17, 15) is 9.59 Å². The Bertz CT molecular complexity index is 1180. The third-order valence-corrected chi connectivity index (χ3v) is 6.38. The van der Waals surface area contributed by atoms with Crippen LogP contribution < -0.4 is 5.32 Å². The van der Waals surface area contributed by atoms with Gasteiger partial charge < -0.3 is 14.8 Å². The van der Waals surface area contributed by atoms with Crippen molar-refractivity contribution in [1.29, 1.82) is 0 Å². The summed E-state index contributed by atoms with van der Waals surface area (Å²) in [5, 5.41) is 3.18. The van der Waals surface area contributed by atoms with Gasteiger partial charge in [0.25, 0.3) is 0 Å². The van der Waals surface area contributed by atoms with Crippen LogP contribution in [-0.4, -0.2) is 19.0 Å². The van der Waals surface area contributed by atoms with Crippen LogP contribution in [0.4, 0.5) is 0 Å². The van der Waals surface area contributed by atoms with Gasteiger partial charge in [-0.15, -0.1) is 11.3 Å². The molecule has 0 saturated carbocycles. The number of esters is 2. The minimum atomic E-state index is -1.27. The van der Waals surface area contributed by atoms with E-state index < -0.39 is 17.5 Å². The summed E-state index contributed by atoms with van der Waals surface area (Å²) in [6.07, 6.45) is 5.43. The maximum atomic E-state index is 13.5. The molecule has 2 heterocycles. The van der Waals surface area contributed by atoms with E-state index in [-0.39, 0.29) is 6.61 Å². The summed E-state index contributed by atoms with van der Waals surface area (Å²) < 4.78 is 11.2. The van der Waals surface area contributed by atoms with Crippen molar-refractivity contribution in [3.8, 4) is 0 Å². The van der Waals surface area contributed by atoms with Gasteiger partial charge in [0.05, 0.1) is 17.0 Å². The monoisotopic (exact) mass is 465 g/mol. The van der Waals surface area contributed by atoms with E-state index in [0.717, 1.165) is 16.0 Å². The minimum Gasteiger partial charge on any atom is -0.465 e. The number of hydrogen-bond acceptors (Lipinski definition) is 6. The molecule has 1 aliphatic heterocycles. The van der Waals surface area contributed by atoms with E-state index in [4.69, 9.17) is 21.1 Å². The zero-order chi connectivity index (χ0) is 22.6. The van der Waals surface area contributed by atoms with Crippen LogP contribution in [-0.2, 0) is 26.4 Å². The highest BCUT2D eigenvalue weighted by Crippen LogP contribution is 2.36. The fourth-order valence-electron chi connectivity index (χ4n) is 3.44. The predicted molar refractivity (Wildman–Crippen MR) is 125 cm³/mol. The number of dihydropyridines is 1. The van der Waals surface area contributed by atoms with E-state index in [1.54, 1.807) is 30.5 Å². The molecule has 1 N–H and O–H groups in total. The van der Waals surface area contributed by atoms with Gasteiger partial charge in [-0.3, -0.25) is 0 Å². The number of carbonyl (C=O) groups is 2. The maximum Gasteiger partial charge on any atom is 0.340 e. The molecule has 2 aromatic carbocycles. The number of benzene rings is 2. The van der Waals surface area contributed by atoms with Gasteiger partial charge in [0.15, 0.2) is 5.54 Å². The van der Waals surface area contributed by atoms with Crippen LogP contribution in [0.15, 0.2) is 85.1 Å². The molecule has 0 fully saturated rings. The second kappa shape index (κ2) is 9.42. The molecule has 0 saturated heterocycles. The highest BCUT2D eigenvalue weighted by atomic mass is 35.5. The molecule has 4 rings (SSSR count). The lowest BCUT2D eigenvalue weighted by atomic mass is 9.85. The number of halogens is 1. The van der Waals surface area contributed by atoms with Crippen LogP contribution >= 0.6 is 22.9 Å². The number of hydrogen-bond donors (Lipinski definition) is 1. The van der Waals surface area contributed by atoms with Crippen LogP contribution in [0.3, 0.4) is 0 Å². The smallest absolute Gasteiger partial charge is 0.340 e. The van der Waals surface area contributed by atoms with Crippen molar-refractivity contribution < 1.29 is 19.1 Å². The number of methoxy groups -OCH3 is 1. The number of rotatable bonds is 6. The molecule has 0 radical (unpaired) electrons. The molecule has 32 heavy (non-hydrogen) atoms. The summed E-state index contributed by atoms with van der Waals surface area (Å²) in [6, 6.07) is 19.9. The van der Waals surface area contributed by atoms with Crippen LogP contribution in [0.25, 0.3) is 5.57 Å². The molecule has 1 aromatic heterocycles. The first-order valence-electron chi connectivity index (χ1n) is 9.84. The zero-order valence-corrected chi connectivity index (χ0v) is 18.8. The molecule has 0 amide bonds. The van der Waals surface area contributed by atoms with Gasteiger partial charge in [-0.1, -0.05) is 54.1 Å². The summed E-state index contributed by atoms with van der Waals surface area (Å²) in [6.45, 7) is 0.140. The van der Waals surface area contributed by atoms with Crippen molar-refractivity contribution in [3.05, 3.63) is 111 Å². The maximum absolute atomic E-state index is 13.5. The number of allylic oxidation sites excluding steroid dienone is 2. The molecular weight excluding hydrogens is 446 g/mol. The van der Waals surface area contributed by atoms with Crippen molar-refractivity contribution in [3.63, 3.8) is 0 Å². The first-order chi connectivity index (χ1) is 15.5. The molecular formula is C25H20ClNO4S. The van der Waals surface area contributed by atoms with Crippen LogP contribution in [0.5, 0.6) is 0 Å². The first-order valence-corrected chi connectivity index (χ1v) is 11.0. The summed E-state index contributed by atoms with van der Waals surface area (Å²) in [5.41, 5.74) is 1.48. The van der Waals surface area contributed by atoms with Gasteiger partial charge in [0, 0.05) is 4.88 Å². The Labute approximate surface area is 194 Å². The van der Waals surface area contributed by atoms with E-state index in [2.05, 4.69) is 5.32 Å². The molecule has 0 aliphatic carbocycles. The van der Waals surface area contributed by atoms with E-state index in [1.165, 1.54) is 18.4 Å². The Morgan fingerprint density at radius 2 is 1.78 bits per heavy atom. The Balaban J connectivity index is 1.72. The average Bonchev–Trinajstić information content (AvgIpc) is 3.29. The highest BCUT2D eigenvalue weighted by molar-refractivity contribution is 7.17. The third kappa shape index (κ3) is 4.47. The van der Waals surface area contributed by atoms with Gasteiger partial charge >= 0.3 is 11.9 Å². The quantitative estimate of drug-likeness (QED) is 0.498. The third-order valence-electron chi connectivity index (χ3n) is 5.10. The zero-order valence-electron chi connectivity index (χ0n) is 17.2. The lowest BCUT2D eigenvalue weighted by Crippen LogP contribution is -2.47. The lowest BCUT2D eigenvalue weighted by molar-refractivity contribution is -0.151. The fraction of sp³-hybridized carbons (Fsp3) is 0.120. The van der Waals surface area contributed by atoms with Gasteiger partial charge in [-0.25, -0.2) is 9.59 Å². The van der Waals surface area contributed by atoms with Crippen molar-refractivity contribution in [2.45, 2.75) is 12.1 Å². The number of carbonyl (C=O) groups excluding carboxylic acids is 2. The average molecular weight is 466 g/mol. The summed E-state index contributed by atoms with van der Waals surface area (Å²) >= 11 is 7.55. The van der Waals surface area contributed by atoms with E-state index in [1.807, 2.05) is 54.6 Å². The largest absolute Gasteiger partial charge is 0.465 e. The number of thiophene rings is 1. The van der Waals surface area contributed by atoms with Gasteiger partial charge in [-0.2, -0.15) is 0 Å². The van der Waals surface area contributed by atoms with E-state index in [0.29, 0.717) is 15.5 Å². The Morgan fingerprint density at radius 1 is 1.03 bits per heavy atom. The number of ether oxygens (including phenoxy) is 2. The molecule has 3 aromatic rings. The van der Waals surface area contributed by atoms with Gasteiger partial charge in [0.1, 0.15) is 6.61 Å². The lowest BCUT2D eigenvalue weighted by Gasteiger charge is -2.32. The standard InChI is InChI=1S/C25H20ClNO4S/c1-30-23(28)18-7-9-20(10-8-18)25(24(29)31-16-17-5-3-2-4-6-17)15-19(13-14-27-25)21-11-12-22(26)32-21/h2-15,27H,16H2,1H3/t25-/m0/s1.